The van der Waals surface area contributed by atoms with Crippen LogP contribution in [0.3, 0.4) is 0 Å². The van der Waals surface area contributed by atoms with Crippen LogP contribution in [0.5, 0.6) is 0 Å². The minimum absolute atomic E-state index is 0.00612. The number of hydrogen-bond donors (Lipinski definition) is 0. The highest BCUT2D eigenvalue weighted by molar-refractivity contribution is 9.10. The highest BCUT2D eigenvalue weighted by atomic mass is 79.9. The van der Waals surface area contributed by atoms with Crippen LogP contribution in [0.25, 0.3) is 0 Å². The number of fused-ring (bicyclic) bond motifs is 1. The molecule has 31 heavy (non-hydrogen) atoms. The van der Waals surface area contributed by atoms with Crippen LogP contribution in [0.1, 0.15) is 27.0 Å². The van der Waals surface area contributed by atoms with Crippen molar-refractivity contribution >= 4 is 33.6 Å². The number of carbonyl (C=O) groups is 2. The van der Waals surface area contributed by atoms with Crippen LogP contribution in [0.4, 0.5) is 10.2 Å². The van der Waals surface area contributed by atoms with E-state index in [0.29, 0.717) is 29.8 Å². The average Bonchev–Trinajstić information content (AvgIpc) is 2.76. The zero-order valence-electron chi connectivity index (χ0n) is 16.8. The Morgan fingerprint density at radius 2 is 1.97 bits per heavy atom. The average molecular weight is 483 g/mol. The van der Waals surface area contributed by atoms with Gasteiger partial charge in [0.2, 0.25) is 5.91 Å². The Balaban J connectivity index is 1.49. The maximum atomic E-state index is 13.0. The van der Waals surface area contributed by atoms with E-state index in [1.54, 1.807) is 30.1 Å². The molecule has 5 nitrogen and oxygen atoms in total. The number of nitrogens with zero attached hydrogens (tertiary/aromatic N) is 2. The van der Waals surface area contributed by atoms with Crippen molar-refractivity contribution < 1.29 is 18.7 Å². The molecule has 1 amide bonds. The van der Waals surface area contributed by atoms with Crippen molar-refractivity contribution in [3.63, 3.8) is 0 Å². The molecular formula is C24H20BrFN2O3. The number of hydrogen-bond acceptors (Lipinski definition) is 4. The van der Waals surface area contributed by atoms with Crippen molar-refractivity contribution in [1.29, 1.82) is 0 Å². The smallest absolute Gasteiger partial charge is 0.340 e. The molecule has 1 atom stereocenters. The van der Waals surface area contributed by atoms with Gasteiger partial charge in [0.1, 0.15) is 18.2 Å². The van der Waals surface area contributed by atoms with Gasteiger partial charge in [-0.25, -0.2) is 14.2 Å². The van der Waals surface area contributed by atoms with Crippen LogP contribution in [-0.2, 0) is 29.0 Å². The number of rotatable bonds is 5. The number of benzene rings is 2. The molecule has 158 valence electrons. The van der Waals surface area contributed by atoms with Crippen molar-refractivity contribution in [1.82, 2.24) is 4.98 Å². The summed E-state index contributed by atoms with van der Waals surface area (Å²) in [7, 11) is 1.70. The van der Waals surface area contributed by atoms with E-state index in [0.717, 1.165) is 15.6 Å². The van der Waals surface area contributed by atoms with Crippen molar-refractivity contribution in [2.24, 2.45) is 5.92 Å². The van der Waals surface area contributed by atoms with E-state index in [9.17, 15) is 14.0 Å². The van der Waals surface area contributed by atoms with Crippen LogP contribution in [-0.4, -0.2) is 23.9 Å². The van der Waals surface area contributed by atoms with Crippen molar-refractivity contribution in [3.8, 4) is 0 Å². The number of amides is 1. The lowest BCUT2D eigenvalue weighted by Gasteiger charge is -2.30. The second-order valence-electron chi connectivity index (χ2n) is 7.54. The first-order valence-electron chi connectivity index (χ1n) is 9.83. The van der Waals surface area contributed by atoms with Crippen LogP contribution in [0.15, 0.2) is 65.3 Å². The Labute approximate surface area is 188 Å². The number of carbonyl (C=O) groups excluding carboxylic acids is 2. The van der Waals surface area contributed by atoms with Crippen molar-refractivity contribution in [2.75, 3.05) is 11.9 Å². The molecule has 0 saturated carbocycles. The van der Waals surface area contributed by atoms with Gasteiger partial charge < -0.3 is 4.74 Å². The third-order valence-electron chi connectivity index (χ3n) is 5.30. The third-order valence-corrected chi connectivity index (χ3v) is 5.79. The fourth-order valence-corrected chi connectivity index (χ4v) is 4.17. The Morgan fingerprint density at radius 3 is 2.71 bits per heavy atom. The second-order valence-corrected chi connectivity index (χ2v) is 8.46. The number of ether oxygens (including phenoxy) is 1. The molecule has 3 aromatic rings. The summed E-state index contributed by atoms with van der Waals surface area (Å²) in [6.07, 6.45) is 2.52. The molecule has 0 fully saturated rings. The van der Waals surface area contributed by atoms with E-state index >= 15 is 0 Å². The number of esters is 1. The number of anilines is 1. The van der Waals surface area contributed by atoms with Gasteiger partial charge in [-0.1, -0.05) is 40.2 Å². The normalized spacial score (nSPS) is 15.5. The lowest BCUT2D eigenvalue weighted by molar-refractivity contribution is -0.122. The molecule has 0 saturated heterocycles. The summed E-state index contributed by atoms with van der Waals surface area (Å²) < 4.78 is 19.3. The minimum atomic E-state index is -0.511. The van der Waals surface area contributed by atoms with Gasteiger partial charge in [0.25, 0.3) is 0 Å². The zero-order valence-corrected chi connectivity index (χ0v) is 18.4. The summed E-state index contributed by atoms with van der Waals surface area (Å²) in [5.41, 5.74) is 2.91. The fourth-order valence-electron chi connectivity index (χ4n) is 3.72. The minimum Gasteiger partial charge on any atom is -0.457 e. The maximum Gasteiger partial charge on any atom is 0.340 e. The van der Waals surface area contributed by atoms with Gasteiger partial charge in [0, 0.05) is 23.6 Å². The van der Waals surface area contributed by atoms with Gasteiger partial charge in [-0.3, -0.25) is 9.69 Å². The standard InChI is InChI=1S/C24H20BrFN2O3/c1-28-22-17(11-18(23(28)29)9-16-3-2-4-20(25)10-16)12-19(13-27-22)24(30)31-14-15-5-7-21(26)8-6-15/h2-8,10,12-13,18H,9,11,14H2,1H3. The van der Waals surface area contributed by atoms with Gasteiger partial charge in [-0.15, -0.1) is 0 Å². The molecule has 1 unspecified atom stereocenters. The van der Waals surface area contributed by atoms with Gasteiger partial charge in [-0.2, -0.15) is 0 Å². The molecule has 1 aromatic heterocycles. The Morgan fingerprint density at radius 1 is 1.19 bits per heavy atom. The molecule has 1 aliphatic rings. The predicted octanol–water partition coefficient (Wildman–Crippen LogP) is 4.72. The second kappa shape index (κ2) is 8.98. The Kier molecular flexibility index (Phi) is 6.13. The monoisotopic (exact) mass is 482 g/mol. The number of halogens is 2. The lowest BCUT2D eigenvalue weighted by Crippen LogP contribution is -2.40. The molecule has 0 bridgehead atoms. The van der Waals surface area contributed by atoms with E-state index in [-0.39, 0.29) is 24.2 Å². The summed E-state index contributed by atoms with van der Waals surface area (Å²) in [6, 6.07) is 15.4. The highest BCUT2D eigenvalue weighted by Gasteiger charge is 2.32. The summed E-state index contributed by atoms with van der Waals surface area (Å²) >= 11 is 3.46. The lowest BCUT2D eigenvalue weighted by atomic mass is 9.88. The molecular weight excluding hydrogens is 463 g/mol. The first-order valence-corrected chi connectivity index (χ1v) is 10.6. The molecule has 2 aromatic carbocycles. The van der Waals surface area contributed by atoms with E-state index in [4.69, 9.17) is 4.74 Å². The quantitative estimate of drug-likeness (QED) is 0.493. The van der Waals surface area contributed by atoms with Gasteiger partial charge >= 0.3 is 5.97 Å². The summed E-state index contributed by atoms with van der Waals surface area (Å²) in [6.45, 7) is 0.0418. The highest BCUT2D eigenvalue weighted by Crippen LogP contribution is 2.30. The van der Waals surface area contributed by atoms with E-state index in [2.05, 4.69) is 20.9 Å². The Hall–Kier alpha value is -3.06. The molecule has 0 aliphatic carbocycles. The predicted molar refractivity (Wildman–Crippen MR) is 118 cm³/mol. The van der Waals surface area contributed by atoms with Gasteiger partial charge in [0.05, 0.1) is 5.56 Å². The third kappa shape index (κ3) is 4.82. The van der Waals surface area contributed by atoms with Crippen LogP contribution in [0, 0.1) is 11.7 Å². The summed E-state index contributed by atoms with van der Waals surface area (Å²) in [4.78, 5) is 31.2. The first-order chi connectivity index (χ1) is 14.9. The number of aromatic nitrogens is 1. The van der Waals surface area contributed by atoms with Crippen LogP contribution in [0.2, 0.25) is 0 Å². The maximum absolute atomic E-state index is 13.0. The number of pyridine rings is 1. The molecule has 2 heterocycles. The molecule has 0 radical (unpaired) electrons. The Bertz CT molecular complexity index is 1130. The van der Waals surface area contributed by atoms with Gasteiger partial charge in [-0.05, 0) is 59.9 Å². The zero-order chi connectivity index (χ0) is 22.0. The summed E-state index contributed by atoms with van der Waals surface area (Å²) in [5.74, 6) is -0.524. The fraction of sp³-hybridized carbons (Fsp3) is 0.208. The topological polar surface area (TPSA) is 59.5 Å². The molecule has 0 spiro atoms. The van der Waals surface area contributed by atoms with Crippen LogP contribution >= 0.6 is 15.9 Å². The van der Waals surface area contributed by atoms with E-state index < -0.39 is 5.97 Å². The van der Waals surface area contributed by atoms with Gasteiger partial charge in [0.15, 0.2) is 0 Å². The van der Waals surface area contributed by atoms with E-state index in [1.165, 1.54) is 18.3 Å². The molecule has 0 N–H and O–H groups in total. The van der Waals surface area contributed by atoms with Crippen molar-refractivity contribution in [2.45, 2.75) is 19.4 Å². The molecule has 7 heteroatoms. The molecule has 4 rings (SSSR count). The van der Waals surface area contributed by atoms with E-state index in [1.807, 2.05) is 24.3 Å². The molecule has 1 aliphatic heterocycles. The summed E-state index contributed by atoms with van der Waals surface area (Å²) in [5, 5.41) is 0. The largest absolute Gasteiger partial charge is 0.457 e. The SMILES string of the molecule is CN1C(=O)C(Cc2cccc(Br)c2)Cc2cc(C(=O)OCc3ccc(F)cc3)cnc21. The van der Waals surface area contributed by atoms with Crippen LogP contribution < -0.4 is 4.90 Å². The van der Waals surface area contributed by atoms with Crippen molar-refractivity contribution in [3.05, 3.63) is 93.3 Å². The first kappa shape index (κ1) is 21.2.